The molecule has 2 heterocycles. The van der Waals surface area contributed by atoms with Crippen LogP contribution in [0.2, 0.25) is 0 Å². The summed E-state index contributed by atoms with van der Waals surface area (Å²) in [7, 11) is 1.39. The number of ether oxygens (including phenoxy) is 2. The first-order valence-corrected chi connectivity index (χ1v) is 6.56. The number of alkyl carbamates (subject to hydrolysis) is 1. The first-order valence-electron chi connectivity index (χ1n) is 5.57. The third-order valence-electron chi connectivity index (χ3n) is 2.77. The average molecular weight is 257 g/mol. The Balaban J connectivity index is 1.78. The minimum atomic E-state index is -0.333. The van der Waals surface area contributed by atoms with E-state index in [4.69, 9.17) is 4.74 Å². The Morgan fingerprint density at radius 2 is 2.53 bits per heavy atom. The van der Waals surface area contributed by atoms with Gasteiger partial charge in [0.1, 0.15) is 0 Å². The molecule has 2 saturated heterocycles. The van der Waals surface area contributed by atoms with Crippen molar-refractivity contribution < 1.29 is 19.1 Å². The highest BCUT2D eigenvalue weighted by molar-refractivity contribution is 8.03. The van der Waals surface area contributed by atoms with Crippen molar-refractivity contribution in [2.75, 3.05) is 12.9 Å². The minimum absolute atomic E-state index is 0.111. The lowest BCUT2D eigenvalue weighted by Crippen LogP contribution is -2.29. The van der Waals surface area contributed by atoms with E-state index >= 15 is 0 Å². The van der Waals surface area contributed by atoms with E-state index in [0.29, 0.717) is 6.42 Å². The third-order valence-corrected chi connectivity index (χ3v) is 4.03. The second kappa shape index (κ2) is 5.44. The van der Waals surface area contributed by atoms with Gasteiger partial charge in [0.05, 0.1) is 13.2 Å². The molecule has 0 aromatic carbocycles. The number of rotatable bonds is 4. The molecule has 2 aliphatic heterocycles. The second-order valence-electron chi connectivity index (χ2n) is 3.96. The Labute approximate surface area is 104 Å². The standard InChI is InChI=1S/C11H15NO4S/c1-15-9(13)5-3-2-4-8-10-7(6-17-8)12-11(14)16-10/h4,7,10H,2-3,5-6H2,1H3,(H,12,14)/t7-,10-/m0/s1. The summed E-state index contributed by atoms with van der Waals surface area (Å²) in [6, 6.07) is 0.111. The van der Waals surface area contributed by atoms with Crippen LogP contribution in [-0.2, 0) is 14.3 Å². The fraction of sp³-hybridized carbons (Fsp3) is 0.636. The number of hydrogen-bond acceptors (Lipinski definition) is 5. The summed E-state index contributed by atoms with van der Waals surface area (Å²) in [5.74, 6) is 0.675. The van der Waals surface area contributed by atoms with Crippen LogP contribution < -0.4 is 5.32 Å². The Morgan fingerprint density at radius 1 is 1.71 bits per heavy atom. The topological polar surface area (TPSA) is 64.6 Å². The van der Waals surface area contributed by atoms with E-state index in [2.05, 4.69) is 16.1 Å². The number of carbonyl (C=O) groups is 2. The molecule has 0 aromatic heterocycles. The zero-order valence-electron chi connectivity index (χ0n) is 9.60. The maximum atomic E-state index is 11.0. The number of allylic oxidation sites excluding steroid dienone is 1. The van der Waals surface area contributed by atoms with Gasteiger partial charge in [-0.05, 0) is 12.8 Å². The van der Waals surface area contributed by atoms with Crippen LogP contribution in [0.5, 0.6) is 0 Å². The number of thioether (sulfide) groups is 1. The van der Waals surface area contributed by atoms with Crippen molar-refractivity contribution in [1.82, 2.24) is 5.32 Å². The fourth-order valence-electron chi connectivity index (χ4n) is 1.88. The molecule has 0 bridgehead atoms. The summed E-state index contributed by atoms with van der Waals surface area (Å²) in [5, 5.41) is 2.77. The Morgan fingerprint density at radius 3 is 3.29 bits per heavy atom. The van der Waals surface area contributed by atoms with Crippen molar-refractivity contribution in [2.45, 2.75) is 31.4 Å². The van der Waals surface area contributed by atoms with Gasteiger partial charge in [0.15, 0.2) is 6.10 Å². The maximum absolute atomic E-state index is 11.0. The second-order valence-corrected chi connectivity index (χ2v) is 5.06. The van der Waals surface area contributed by atoms with Gasteiger partial charge in [-0.3, -0.25) is 4.79 Å². The number of fused-ring (bicyclic) bond motifs is 1. The highest BCUT2D eigenvalue weighted by atomic mass is 32.2. The summed E-state index contributed by atoms with van der Waals surface area (Å²) in [6.45, 7) is 0. The van der Waals surface area contributed by atoms with Gasteiger partial charge < -0.3 is 14.8 Å². The molecule has 5 nitrogen and oxygen atoms in total. The molecular formula is C11H15NO4S. The monoisotopic (exact) mass is 257 g/mol. The van der Waals surface area contributed by atoms with Crippen LogP contribution in [0.15, 0.2) is 11.0 Å². The molecule has 2 atom stereocenters. The first kappa shape index (κ1) is 12.3. The highest BCUT2D eigenvalue weighted by Crippen LogP contribution is 2.36. The first-order chi connectivity index (χ1) is 8.20. The van der Waals surface area contributed by atoms with Crippen molar-refractivity contribution in [3.05, 3.63) is 11.0 Å². The number of esters is 1. The normalized spacial score (nSPS) is 28.8. The number of methoxy groups -OCH3 is 1. The molecule has 0 unspecified atom stereocenters. The molecule has 0 aromatic rings. The molecule has 2 fully saturated rings. The van der Waals surface area contributed by atoms with Crippen LogP contribution in [0, 0.1) is 0 Å². The highest BCUT2D eigenvalue weighted by Gasteiger charge is 2.41. The lowest BCUT2D eigenvalue weighted by Gasteiger charge is -2.06. The average Bonchev–Trinajstić information content (AvgIpc) is 2.84. The Hall–Kier alpha value is -1.17. The zero-order chi connectivity index (χ0) is 12.3. The third kappa shape index (κ3) is 2.94. The smallest absolute Gasteiger partial charge is 0.408 e. The van der Waals surface area contributed by atoms with E-state index in [1.54, 1.807) is 11.8 Å². The largest absolute Gasteiger partial charge is 0.469 e. The summed E-state index contributed by atoms with van der Waals surface area (Å²) >= 11 is 1.71. The van der Waals surface area contributed by atoms with Crippen molar-refractivity contribution in [3.63, 3.8) is 0 Å². The summed E-state index contributed by atoms with van der Waals surface area (Å²) in [5.41, 5.74) is 0. The molecule has 0 aliphatic carbocycles. The fourth-order valence-corrected chi connectivity index (χ4v) is 3.12. The predicted octanol–water partition coefficient (Wildman–Crippen LogP) is 1.44. The molecule has 2 aliphatic rings. The predicted molar refractivity (Wildman–Crippen MR) is 63.6 cm³/mol. The van der Waals surface area contributed by atoms with E-state index in [-0.39, 0.29) is 24.2 Å². The van der Waals surface area contributed by atoms with E-state index in [0.717, 1.165) is 23.5 Å². The molecule has 0 spiro atoms. The summed E-state index contributed by atoms with van der Waals surface area (Å²) in [4.78, 5) is 23.0. The van der Waals surface area contributed by atoms with Gasteiger partial charge in [-0.2, -0.15) is 0 Å². The van der Waals surface area contributed by atoms with Crippen LogP contribution in [0.4, 0.5) is 4.79 Å². The van der Waals surface area contributed by atoms with Gasteiger partial charge in [-0.25, -0.2) is 4.79 Å². The molecule has 2 rings (SSSR count). The summed E-state index contributed by atoms with van der Waals surface area (Å²) in [6.07, 6.45) is 3.59. The van der Waals surface area contributed by atoms with Gasteiger partial charge in [-0.15, -0.1) is 11.8 Å². The molecule has 17 heavy (non-hydrogen) atoms. The van der Waals surface area contributed by atoms with Gasteiger partial charge >= 0.3 is 12.1 Å². The van der Waals surface area contributed by atoms with Crippen molar-refractivity contribution in [3.8, 4) is 0 Å². The van der Waals surface area contributed by atoms with E-state index in [1.807, 2.05) is 0 Å². The number of amides is 1. The lowest BCUT2D eigenvalue weighted by molar-refractivity contribution is -0.140. The van der Waals surface area contributed by atoms with Gasteiger partial charge in [0, 0.05) is 17.1 Å². The lowest BCUT2D eigenvalue weighted by atomic mass is 10.1. The van der Waals surface area contributed by atoms with Crippen LogP contribution in [0.3, 0.4) is 0 Å². The van der Waals surface area contributed by atoms with Crippen LogP contribution >= 0.6 is 11.8 Å². The van der Waals surface area contributed by atoms with Crippen molar-refractivity contribution in [1.29, 1.82) is 0 Å². The van der Waals surface area contributed by atoms with Gasteiger partial charge in [0.25, 0.3) is 0 Å². The Bertz CT molecular complexity index is 355. The minimum Gasteiger partial charge on any atom is -0.469 e. The quantitative estimate of drug-likeness (QED) is 0.610. The van der Waals surface area contributed by atoms with E-state index < -0.39 is 0 Å². The molecule has 0 saturated carbocycles. The number of hydrogen-bond donors (Lipinski definition) is 1. The SMILES string of the molecule is COC(=O)CCCC=C1SC[C@@H]2NC(=O)O[C@H]12. The Kier molecular flexibility index (Phi) is 3.93. The van der Waals surface area contributed by atoms with Crippen LogP contribution in [0.1, 0.15) is 19.3 Å². The molecule has 1 N–H and O–H groups in total. The van der Waals surface area contributed by atoms with Crippen molar-refractivity contribution in [2.24, 2.45) is 0 Å². The zero-order valence-corrected chi connectivity index (χ0v) is 10.4. The molecule has 6 heteroatoms. The number of nitrogens with one attached hydrogen (secondary N) is 1. The molecular weight excluding hydrogens is 242 g/mol. The van der Waals surface area contributed by atoms with E-state index in [1.165, 1.54) is 7.11 Å². The number of carbonyl (C=O) groups excluding carboxylic acids is 2. The van der Waals surface area contributed by atoms with Crippen molar-refractivity contribution >= 4 is 23.8 Å². The maximum Gasteiger partial charge on any atom is 0.408 e. The summed E-state index contributed by atoms with van der Waals surface area (Å²) < 4.78 is 9.73. The van der Waals surface area contributed by atoms with Gasteiger partial charge in [-0.1, -0.05) is 6.08 Å². The molecule has 1 amide bonds. The van der Waals surface area contributed by atoms with Gasteiger partial charge in [0.2, 0.25) is 0 Å². The number of unbranched alkanes of at least 4 members (excludes halogenated alkanes) is 1. The van der Waals surface area contributed by atoms with Crippen LogP contribution in [0.25, 0.3) is 0 Å². The molecule has 0 radical (unpaired) electrons. The van der Waals surface area contributed by atoms with Crippen LogP contribution in [-0.4, -0.2) is 37.1 Å². The van der Waals surface area contributed by atoms with E-state index in [9.17, 15) is 9.59 Å². The molecule has 94 valence electrons.